The third-order valence-corrected chi connectivity index (χ3v) is 6.42. The number of nitrogens with one attached hydrogen (secondary N) is 3. The maximum Gasteiger partial charge on any atom is 0.413 e. The molecule has 1 atom stereocenters. The number of imidazole rings is 1. The normalized spacial score (nSPS) is 16.0. The number of hydrogen-bond acceptors (Lipinski definition) is 4. The van der Waals surface area contributed by atoms with E-state index in [4.69, 9.17) is 0 Å². The zero-order valence-electron chi connectivity index (χ0n) is 21.1. The molecule has 8 heteroatoms. The number of benzene rings is 2. The van der Waals surface area contributed by atoms with Gasteiger partial charge in [-0.1, -0.05) is 54.1 Å². The number of aryl methyl sites for hydroxylation is 1. The Morgan fingerprint density at radius 2 is 2.00 bits per heavy atom. The number of urea groups is 1. The van der Waals surface area contributed by atoms with Gasteiger partial charge in [0, 0.05) is 13.1 Å². The van der Waals surface area contributed by atoms with Crippen LogP contribution in [-0.2, 0) is 4.74 Å². The van der Waals surface area contributed by atoms with E-state index in [1.807, 2.05) is 36.1 Å². The van der Waals surface area contributed by atoms with Crippen molar-refractivity contribution in [2.45, 2.75) is 39.2 Å². The Balaban J connectivity index is 1.38. The molecule has 1 unspecified atom stereocenters. The average molecular weight is 488 g/mol. The van der Waals surface area contributed by atoms with E-state index in [2.05, 4.69) is 63.1 Å². The van der Waals surface area contributed by atoms with Crippen molar-refractivity contribution in [3.8, 4) is 0 Å². The van der Waals surface area contributed by atoms with Gasteiger partial charge in [0.05, 0.1) is 24.2 Å². The zero-order valence-corrected chi connectivity index (χ0v) is 21.1. The minimum absolute atomic E-state index is 0.0387. The van der Waals surface area contributed by atoms with Gasteiger partial charge in [0.2, 0.25) is 5.95 Å². The highest BCUT2D eigenvalue weighted by Gasteiger charge is 2.27. The molecular formula is C28H33N5O3. The summed E-state index contributed by atoms with van der Waals surface area (Å²) in [6.07, 6.45) is 4.51. The van der Waals surface area contributed by atoms with E-state index in [1.165, 1.54) is 18.2 Å². The number of anilines is 1. The number of nitrogens with zero attached hydrogens (tertiary/aromatic N) is 2. The quantitative estimate of drug-likeness (QED) is 0.374. The maximum atomic E-state index is 13.1. The van der Waals surface area contributed by atoms with Crippen molar-refractivity contribution in [2.75, 3.05) is 25.5 Å². The fourth-order valence-corrected chi connectivity index (χ4v) is 4.47. The first-order valence-corrected chi connectivity index (χ1v) is 12.2. The van der Waals surface area contributed by atoms with Crippen LogP contribution in [0, 0.1) is 6.92 Å². The highest BCUT2D eigenvalue weighted by molar-refractivity contribution is 5.88. The highest BCUT2D eigenvalue weighted by atomic mass is 16.5. The van der Waals surface area contributed by atoms with Gasteiger partial charge in [0.25, 0.3) is 0 Å². The molecule has 188 valence electrons. The molecule has 0 bridgehead atoms. The molecule has 0 saturated carbocycles. The molecule has 0 radical (unpaired) electrons. The number of ether oxygens (including phenoxy) is 1. The van der Waals surface area contributed by atoms with Crippen LogP contribution in [0.5, 0.6) is 0 Å². The average Bonchev–Trinajstić information content (AvgIpc) is 3.29. The second-order valence-electron chi connectivity index (χ2n) is 9.22. The Kier molecular flexibility index (Phi) is 7.73. The number of carbonyl (C=O) groups is 2. The molecule has 0 spiro atoms. The molecule has 1 aliphatic heterocycles. The molecule has 8 nitrogen and oxygen atoms in total. The number of carbonyl (C=O) groups excluding carboxylic acids is 2. The lowest BCUT2D eigenvalue weighted by molar-refractivity contribution is 0.152. The van der Waals surface area contributed by atoms with E-state index in [9.17, 15) is 9.59 Å². The first-order chi connectivity index (χ1) is 17.3. The molecule has 1 fully saturated rings. The predicted octanol–water partition coefficient (Wildman–Crippen LogP) is 5.95. The van der Waals surface area contributed by atoms with Crippen LogP contribution in [0.3, 0.4) is 0 Å². The standard InChI is InChI=1S/C28H33N5O3/c1-18-8-10-21(11-9-18)25-7-5-6-14-33(25)27(34)29-17-19(2)15-20(3)22-12-13-23-24(16-22)31-26(30-23)32-28(35)36-4/h8-13,15-16,25H,3,5-7,14,17H2,1-2,4H3,(H,29,34)(H2,30,31,32,35)/b19-15+. The molecule has 2 aromatic carbocycles. The number of allylic oxidation sites excluding steroid dienone is 2. The van der Waals surface area contributed by atoms with Crippen molar-refractivity contribution in [2.24, 2.45) is 0 Å². The first-order valence-electron chi connectivity index (χ1n) is 12.2. The topological polar surface area (TPSA) is 99.4 Å². The number of hydrogen-bond donors (Lipinski definition) is 3. The fraction of sp³-hybridized carbons (Fsp3) is 0.321. The summed E-state index contributed by atoms with van der Waals surface area (Å²) in [4.78, 5) is 33.8. The number of piperidine rings is 1. The molecule has 1 aliphatic rings. The minimum Gasteiger partial charge on any atom is -0.453 e. The van der Waals surface area contributed by atoms with Gasteiger partial charge in [-0.25, -0.2) is 14.6 Å². The van der Waals surface area contributed by atoms with Gasteiger partial charge in [-0.15, -0.1) is 0 Å². The summed E-state index contributed by atoms with van der Waals surface area (Å²) in [5.74, 6) is 0.315. The van der Waals surface area contributed by atoms with Crippen LogP contribution >= 0.6 is 0 Å². The number of amides is 3. The zero-order chi connectivity index (χ0) is 25.7. The van der Waals surface area contributed by atoms with Crippen molar-refractivity contribution in [1.82, 2.24) is 20.2 Å². The number of methoxy groups -OCH3 is 1. The second kappa shape index (κ2) is 11.1. The largest absolute Gasteiger partial charge is 0.453 e. The van der Waals surface area contributed by atoms with E-state index in [1.54, 1.807) is 0 Å². The van der Waals surface area contributed by atoms with Crippen molar-refractivity contribution in [3.63, 3.8) is 0 Å². The lowest BCUT2D eigenvalue weighted by Crippen LogP contribution is -2.45. The van der Waals surface area contributed by atoms with Gasteiger partial charge in [-0.3, -0.25) is 5.32 Å². The second-order valence-corrected chi connectivity index (χ2v) is 9.22. The van der Waals surface area contributed by atoms with E-state index < -0.39 is 6.09 Å². The molecule has 3 amide bonds. The van der Waals surface area contributed by atoms with Gasteiger partial charge in [-0.2, -0.15) is 0 Å². The summed E-state index contributed by atoms with van der Waals surface area (Å²) >= 11 is 0. The molecule has 1 saturated heterocycles. The monoisotopic (exact) mass is 487 g/mol. The summed E-state index contributed by atoms with van der Waals surface area (Å²) in [6.45, 7) is 9.44. The summed E-state index contributed by atoms with van der Waals surface area (Å²) in [7, 11) is 1.30. The molecule has 3 aromatic rings. The van der Waals surface area contributed by atoms with Crippen LogP contribution < -0.4 is 10.6 Å². The molecule has 4 rings (SSSR count). The van der Waals surface area contributed by atoms with E-state index in [-0.39, 0.29) is 12.1 Å². The Morgan fingerprint density at radius 3 is 2.75 bits per heavy atom. The molecule has 1 aromatic heterocycles. The Hall–Kier alpha value is -4.07. The number of aromatic nitrogens is 2. The van der Waals surface area contributed by atoms with Gasteiger partial charge in [-0.05, 0) is 61.9 Å². The smallest absolute Gasteiger partial charge is 0.413 e. The fourth-order valence-electron chi connectivity index (χ4n) is 4.47. The highest BCUT2D eigenvalue weighted by Crippen LogP contribution is 2.31. The third kappa shape index (κ3) is 5.94. The van der Waals surface area contributed by atoms with Gasteiger partial charge >= 0.3 is 12.1 Å². The Bertz CT molecular complexity index is 1290. The molecular weight excluding hydrogens is 454 g/mol. The maximum absolute atomic E-state index is 13.1. The number of rotatable bonds is 6. The molecule has 2 heterocycles. The number of aromatic amines is 1. The summed E-state index contributed by atoms with van der Waals surface area (Å²) in [6, 6.07) is 14.3. The van der Waals surface area contributed by atoms with Crippen molar-refractivity contribution in [1.29, 1.82) is 0 Å². The lowest BCUT2D eigenvalue weighted by Gasteiger charge is -2.36. The van der Waals surface area contributed by atoms with Gasteiger partial charge in [0.15, 0.2) is 0 Å². The van der Waals surface area contributed by atoms with Gasteiger partial charge in [0.1, 0.15) is 0 Å². The van der Waals surface area contributed by atoms with Crippen LogP contribution in [-0.4, -0.2) is 47.2 Å². The Labute approximate surface area is 211 Å². The van der Waals surface area contributed by atoms with Crippen LogP contribution in [0.2, 0.25) is 0 Å². The van der Waals surface area contributed by atoms with Gasteiger partial charge < -0.3 is 19.9 Å². The molecule has 3 N–H and O–H groups in total. The van der Waals surface area contributed by atoms with Crippen LogP contribution in [0.25, 0.3) is 16.6 Å². The third-order valence-electron chi connectivity index (χ3n) is 6.42. The summed E-state index contributed by atoms with van der Waals surface area (Å²) < 4.78 is 4.60. The number of likely N-dealkylation sites (tertiary alicyclic amines) is 1. The Morgan fingerprint density at radius 1 is 1.22 bits per heavy atom. The summed E-state index contributed by atoms with van der Waals surface area (Å²) in [5.41, 5.74) is 6.62. The first kappa shape index (κ1) is 25.0. The van der Waals surface area contributed by atoms with E-state index >= 15 is 0 Å². The van der Waals surface area contributed by atoms with Crippen LogP contribution in [0.4, 0.5) is 15.5 Å². The molecule has 0 aliphatic carbocycles. The van der Waals surface area contributed by atoms with Crippen molar-refractivity contribution in [3.05, 3.63) is 77.4 Å². The van der Waals surface area contributed by atoms with Crippen LogP contribution in [0.1, 0.15) is 48.9 Å². The predicted molar refractivity (Wildman–Crippen MR) is 143 cm³/mol. The lowest BCUT2D eigenvalue weighted by atomic mass is 9.95. The van der Waals surface area contributed by atoms with Crippen molar-refractivity contribution >= 4 is 34.7 Å². The van der Waals surface area contributed by atoms with Crippen LogP contribution in [0.15, 0.2) is 60.7 Å². The number of H-pyrrole nitrogens is 1. The minimum atomic E-state index is -0.589. The number of fused-ring (bicyclic) bond motifs is 1. The molecule has 36 heavy (non-hydrogen) atoms. The van der Waals surface area contributed by atoms with Crippen molar-refractivity contribution < 1.29 is 14.3 Å². The van der Waals surface area contributed by atoms with E-state index in [0.717, 1.165) is 53.6 Å². The summed E-state index contributed by atoms with van der Waals surface area (Å²) in [5, 5.41) is 5.61. The SMILES string of the molecule is C=C(/C=C(\C)CNC(=O)N1CCCCC1c1ccc(C)cc1)c1ccc2nc(NC(=O)OC)[nH]c2c1. The van der Waals surface area contributed by atoms with E-state index in [0.29, 0.717) is 12.5 Å².